The van der Waals surface area contributed by atoms with Crippen LogP contribution in [0.1, 0.15) is 63.8 Å². The van der Waals surface area contributed by atoms with Crippen molar-refractivity contribution in [3.8, 4) is 0 Å². The van der Waals surface area contributed by atoms with Gasteiger partial charge in [0.05, 0.1) is 11.4 Å². The molecule has 128 valence electrons. The Bertz CT molecular complexity index is 691. The SMILES string of the molecule is Cc1cccc(C(C)(C)C)c1N=Nc1c(C)cccc1C(C)(C)C. The summed E-state index contributed by atoms with van der Waals surface area (Å²) in [6, 6.07) is 12.7. The summed E-state index contributed by atoms with van der Waals surface area (Å²) < 4.78 is 0. The van der Waals surface area contributed by atoms with Crippen molar-refractivity contribution in [1.82, 2.24) is 0 Å². The lowest BCUT2D eigenvalue weighted by atomic mass is 9.84. The van der Waals surface area contributed by atoms with Gasteiger partial charge >= 0.3 is 0 Å². The highest BCUT2D eigenvalue weighted by atomic mass is 15.1. The van der Waals surface area contributed by atoms with Crippen LogP contribution in [0.3, 0.4) is 0 Å². The number of rotatable bonds is 2. The van der Waals surface area contributed by atoms with Crippen molar-refractivity contribution >= 4 is 11.4 Å². The van der Waals surface area contributed by atoms with Crippen LogP contribution in [0.4, 0.5) is 11.4 Å². The van der Waals surface area contributed by atoms with Crippen LogP contribution in [-0.2, 0) is 10.8 Å². The zero-order valence-electron chi connectivity index (χ0n) is 16.4. The number of hydrogen-bond acceptors (Lipinski definition) is 2. The fraction of sp³-hybridized carbons (Fsp3) is 0.455. The highest BCUT2D eigenvalue weighted by molar-refractivity contribution is 5.58. The molecule has 0 saturated heterocycles. The van der Waals surface area contributed by atoms with Gasteiger partial charge in [-0.3, -0.25) is 0 Å². The van der Waals surface area contributed by atoms with E-state index in [9.17, 15) is 0 Å². The van der Waals surface area contributed by atoms with Gasteiger partial charge in [-0.2, -0.15) is 0 Å². The Hall–Kier alpha value is -1.96. The summed E-state index contributed by atoms with van der Waals surface area (Å²) in [5, 5.41) is 9.40. The zero-order valence-corrected chi connectivity index (χ0v) is 16.4. The number of hydrogen-bond donors (Lipinski definition) is 0. The summed E-state index contributed by atoms with van der Waals surface area (Å²) in [5.74, 6) is 0. The Labute approximate surface area is 147 Å². The first kappa shape index (κ1) is 18.4. The Kier molecular flexibility index (Phi) is 4.98. The molecule has 0 aliphatic rings. The first-order valence-corrected chi connectivity index (χ1v) is 8.64. The molecule has 24 heavy (non-hydrogen) atoms. The molecule has 0 aromatic heterocycles. The van der Waals surface area contributed by atoms with Crippen LogP contribution in [-0.4, -0.2) is 0 Å². The molecular formula is C22H30N2. The van der Waals surface area contributed by atoms with Gasteiger partial charge in [-0.25, -0.2) is 0 Å². The molecule has 0 spiro atoms. The third kappa shape index (κ3) is 3.92. The van der Waals surface area contributed by atoms with Crippen LogP contribution < -0.4 is 0 Å². The van der Waals surface area contributed by atoms with Crippen molar-refractivity contribution in [2.45, 2.75) is 66.2 Å². The fourth-order valence-corrected chi connectivity index (χ4v) is 2.89. The second kappa shape index (κ2) is 6.51. The Balaban J connectivity index is 2.59. The lowest BCUT2D eigenvalue weighted by molar-refractivity contribution is 0.588. The molecule has 0 atom stereocenters. The van der Waals surface area contributed by atoms with Crippen LogP contribution >= 0.6 is 0 Å². The number of aryl methyl sites for hydroxylation is 2. The van der Waals surface area contributed by atoms with Crippen molar-refractivity contribution in [1.29, 1.82) is 0 Å². The van der Waals surface area contributed by atoms with Gasteiger partial charge < -0.3 is 0 Å². The molecule has 0 radical (unpaired) electrons. The van der Waals surface area contributed by atoms with E-state index < -0.39 is 0 Å². The maximum absolute atomic E-state index is 4.70. The van der Waals surface area contributed by atoms with Crippen LogP contribution in [0.25, 0.3) is 0 Å². The molecule has 0 unspecified atom stereocenters. The van der Waals surface area contributed by atoms with Crippen LogP contribution in [0.2, 0.25) is 0 Å². The highest BCUT2D eigenvalue weighted by Crippen LogP contribution is 2.38. The Morgan fingerprint density at radius 3 is 1.21 bits per heavy atom. The van der Waals surface area contributed by atoms with Gasteiger partial charge in [-0.1, -0.05) is 77.9 Å². The summed E-state index contributed by atoms with van der Waals surface area (Å²) in [6.45, 7) is 17.5. The third-order valence-electron chi connectivity index (χ3n) is 4.34. The monoisotopic (exact) mass is 322 g/mol. The fourth-order valence-electron chi connectivity index (χ4n) is 2.89. The average Bonchev–Trinajstić information content (AvgIpc) is 2.44. The quantitative estimate of drug-likeness (QED) is 0.518. The molecule has 0 saturated carbocycles. The van der Waals surface area contributed by atoms with E-state index in [1.807, 2.05) is 0 Å². The minimum Gasteiger partial charge on any atom is -0.150 e. The summed E-state index contributed by atoms with van der Waals surface area (Å²) in [7, 11) is 0. The molecular weight excluding hydrogens is 292 g/mol. The molecule has 0 aliphatic heterocycles. The summed E-state index contributed by atoms with van der Waals surface area (Å²) in [4.78, 5) is 0. The van der Waals surface area contributed by atoms with E-state index in [2.05, 4.69) is 91.8 Å². The normalized spacial score (nSPS) is 12.8. The molecule has 0 N–H and O–H groups in total. The summed E-state index contributed by atoms with van der Waals surface area (Å²) >= 11 is 0. The van der Waals surface area contributed by atoms with Gasteiger partial charge in [0.2, 0.25) is 0 Å². The molecule has 0 aliphatic carbocycles. The molecule has 2 aromatic carbocycles. The topological polar surface area (TPSA) is 24.7 Å². The van der Waals surface area contributed by atoms with Gasteiger partial charge in [0, 0.05) is 0 Å². The summed E-state index contributed by atoms with van der Waals surface area (Å²) in [6.07, 6.45) is 0. The van der Waals surface area contributed by atoms with E-state index in [0.29, 0.717) is 0 Å². The van der Waals surface area contributed by atoms with Crippen LogP contribution in [0, 0.1) is 13.8 Å². The number of azo groups is 1. The first-order chi connectivity index (χ1) is 11.0. The van der Waals surface area contributed by atoms with E-state index >= 15 is 0 Å². The van der Waals surface area contributed by atoms with Crippen molar-refractivity contribution in [2.24, 2.45) is 10.2 Å². The van der Waals surface area contributed by atoms with E-state index in [1.54, 1.807) is 0 Å². The Morgan fingerprint density at radius 1 is 0.583 bits per heavy atom. The maximum atomic E-state index is 4.70. The lowest BCUT2D eigenvalue weighted by Gasteiger charge is -2.23. The minimum atomic E-state index is 0.0406. The molecule has 0 heterocycles. The van der Waals surface area contributed by atoms with Crippen molar-refractivity contribution < 1.29 is 0 Å². The molecule has 0 amide bonds. The largest absolute Gasteiger partial charge is 0.150 e. The van der Waals surface area contributed by atoms with Crippen molar-refractivity contribution in [2.75, 3.05) is 0 Å². The predicted octanol–water partition coefficient (Wildman–Crippen LogP) is 7.31. The second-order valence-electron chi connectivity index (χ2n) is 8.64. The molecule has 2 heteroatoms. The maximum Gasteiger partial charge on any atom is 0.0923 e. The summed E-state index contributed by atoms with van der Waals surface area (Å²) in [5.41, 5.74) is 6.86. The smallest absolute Gasteiger partial charge is 0.0923 e. The van der Waals surface area contributed by atoms with E-state index in [1.165, 1.54) is 11.1 Å². The lowest BCUT2D eigenvalue weighted by Crippen LogP contribution is -2.12. The van der Waals surface area contributed by atoms with E-state index in [0.717, 1.165) is 22.5 Å². The van der Waals surface area contributed by atoms with Gasteiger partial charge in [0.1, 0.15) is 0 Å². The van der Waals surface area contributed by atoms with Gasteiger partial charge in [0.15, 0.2) is 0 Å². The number of benzene rings is 2. The Morgan fingerprint density at radius 2 is 0.917 bits per heavy atom. The predicted molar refractivity (Wildman–Crippen MR) is 104 cm³/mol. The molecule has 0 bridgehead atoms. The van der Waals surface area contributed by atoms with E-state index in [4.69, 9.17) is 10.2 Å². The van der Waals surface area contributed by atoms with Crippen molar-refractivity contribution in [3.63, 3.8) is 0 Å². The number of nitrogens with zero attached hydrogens (tertiary/aromatic N) is 2. The zero-order chi connectivity index (χ0) is 18.1. The molecule has 2 rings (SSSR count). The third-order valence-corrected chi connectivity index (χ3v) is 4.34. The van der Waals surface area contributed by atoms with Crippen LogP contribution in [0.15, 0.2) is 46.6 Å². The van der Waals surface area contributed by atoms with Crippen LogP contribution in [0.5, 0.6) is 0 Å². The van der Waals surface area contributed by atoms with Crippen molar-refractivity contribution in [3.05, 3.63) is 58.7 Å². The second-order valence-corrected chi connectivity index (χ2v) is 8.64. The highest BCUT2D eigenvalue weighted by Gasteiger charge is 2.21. The van der Waals surface area contributed by atoms with Gasteiger partial charge in [-0.05, 0) is 46.9 Å². The molecule has 0 fully saturated rings. The first-order valence-electron chi connectivity index (χ1n) is 8.64. The van der Waals surface area contributed by atoms with Gasteiger partial charge in [0.25, 0.3) is 0 Å². The average molecular weight is 322 g/mol. The molecule has 2 nitrogen and oxygen atoms in total. The standard InChI is InChI=1S/C22H30N2/c1-15-11-9-13-17(21(3,4)5)19(15)23-24-20-16(2)12-10-14-18(20)22(6,7)8/h9-14H,1-8H3. The molecule has 2 aromatic rings. The van der Waals surface area contributed by atoms with Gasteiger partial charge in [-0.15, -0.1) is 10.2 Å². The van der Waals surface area contributed by atoms with E-state index in [-0.39, 0.29) is 10.8 Å². The minimum absolute atomic E-state index is 0.0406.